The number of aromatic nitrogens is 2. The number of nitrogen functional groups attached to an aromatic ring is 1. The number of nitrogens with one attached hydrogen (secondary N) is 1. The maximum Gasteiger partial charge on any atom is 0.148 e. The Labute approximate surface area is 115 Å². The molecule has 2 atom stereocenters. The SMILES string of the molecule is CCCn1nc(C)c(N)c1NC1CCCCCC1O. The van der Waals surface area contributed by atoms with Gasteiger partial charge >= 0.3 is 0 Å². The fourth-order valence-corrected chi connectivity index (χ4v) is 2.75. The van der Waals surface area contributed by atoms with Crippen molar-refractivity contribution in [3.05, 3.63) is 5.69 Å². The van der Waals surface area contributed by atoms with Crippen molar-refractivity contribution in [1.82, 2.24) is 9.78 Å². The van der Waals surface area contributed by atoms with Gasteiger partial charge in [0.1, 0.15) is 5.82 Å². The second-order valence-corrected chi connectivity index (χ2v) is 5.53. The standard InChI is InChI=1S/C14H26N4O/c1-3-9-18-14(13(15)10(2)17-18)16-11-7-5-4-6-8-12(11)19/h11-12,16,19H,3-9,15H2,1-2H3. The van der Waals surface area contributed by atoms with Gasteiger partial charge in [0.25, 0.3) is 0 Å². The minimum absolute atomic E-state index is 0.0940. The van der Waals surface area contributed by atoms with Crippen molar-refractivity contribution in [3.8, 4) is 0 Å². The lowest BCUT2D eigenvalue weighted by Gasteiger charge is -2.23. The number of aliphatic hydroxyl groups excluding tert-OH is 1. The monoisotopic (exact) mass is 266 g/mol. The Balaban J connectivity index is 2.16. The van der Waals surface area contributed by atoms with E-state index >= 15 is 0 Å². The summed E-state index contributed by atoms with van der Waals surface area (Å²) in [5.74, 6) is 0.880. The van der Waals surface area contributed by atoms with Crippen LogP contribution in [0.2, 0.25) is 0 Å². The van der Waals surface area contributed by atoms with E-state index in [0.717, 1.165) is 50.2 Å². The molecule has 1 saturated carbocycles. The zero-order chi connectivity index (χ0) is 13.8. The first kappa shape index (κ1) is 14.2. The third kappa shape index (κ3) is 3.21. The van der Waals surface area contributed by atoms with Crippen molar-refractivity contribution in [1.29, 1.82) is 0 Å². The molecule has 5 heteroatoms. The summed E-state index contributed by atoms with van der Waals surface area (Å²) in [6, 6.07) is 0.0940. The van der Waals surface area contributed by atoms with Crippen molar-refractivity contribution in [3.63, 3.8) is 0 Å². The summed E-state index contributed by atoms with van der Waals surface area (Å²) < 4.78 is 1.93. The molecule has 2 rings (SSSR count). The fourth-order valence-electron chi connectivity index (χ4n) is 2.75. The molecule has 2 unspecified atom stereocenters. The molecule has 0 bridgehead atoms. The average molecular weight is 266 g/mol. The molecule has 5 nitrogen and oxygen atoms in total. The predicted molar refractivity (Wildman–Crippen MR) is 78.2 cm³/mol. The number of nitrogens with zero attached hydrogens (tertiary/aromatic N) is 2. The van der Waals surface area contributed by atoms with E-state index in [1.54, 1.807) is 0 Å². The maximum absolute atomic E-state index is 10.2. The van der Waals surface area contributed by atoms with Gasteiger partial charge in [-0.3, -0.25) is 0 Å². The molecule has 4 N–H and O–H groups in total. The minimum Gasteiger partial charge on any atom is -0.394 e. The van der Waals surface area contributed by atoms with Crippen LogP contribution >= 0.6 is 0 Å². The zero-order valence-electron chi connectivity index (χ0n) is 12.0. The van der Waals surface area contributed by atoms with Crippen LogP contribution in [0.3, 0.4) is 0 Å². The summed E-state index contributed by atoms with van der Waals surface area (Å²) in [5.41, 5.74) is 7.68. The van der Waals surface area contributed by atoms with Crippen molar-refractivity contribution in [2.75, 3.05) is 11.1 Å². The second kappa shape index (κ2) is 6.28. The normalized spacial score (nSPS) is 24.2. The van der Waals surface area contributed by atoms with Crippen LogP contribution in [-0.4, -0.2) is 27.0 Å². The van der Waals surface area contributed by atoms with E-state index in [-0.39, 0.29) is 12.1 Å². The van der Waals surface area contributed by atoms with Gasteiger partial charge in [0.2, 0.25) is 0 Å². The average Bonchev–Trinajstić information content (AvgIpc) is 2.55. The number of hydrogen-bond donors (Lipinski definition) is 3. The highest BCUT2D eigenvalue weighted by Gasteiger charge is 2.24. The van der Waals surface area contributed by atoms with Crippen LogP contribution in [0.15, 0.2) is 0 Å². The first-order valence-corrected chi connectivity index (χ1v) is 7.41. The number of anilines is 2. The second-order valence-electron chi connectivity index (χ2n) is 5.53. The van der Waals surface area contributed by atoms with Crippen LogP contribution in [0, 0.1) is 6.92 Å². The Morgan fingerprint density at radius 2 is 2.11 bits per heavy atom. The zero-order valence-corrected chi connectivity index (χ0v) is 12.0. The molecule has 0 spiro atoms. The predicted octanol–water partition coefficient (Wildman–Crippen LogP) is 2.29. The Morgan fingerprint density at radius 1 is 1.37 bits per heavy atom. The van der Waals surface area contributed by atoms with Crippen molar-refractivity contribution in [2.24, 2.45) is 0 Å². The summed E-state index contributed by atoms with van der Waals surface area (Å²) >= 11 is 0. The molecule has 1 heterocycles. The summed E-state index contributed by atoms with van der Waals surface area (Å²) in [6.45, 7) is 4.90. The first-order valence-electron chi connectivity index (χ1n) is 7.41. The Kier molecular flexibility index (Phi) is 4.69. The van der Waals surface area contributed by atoms with Gasteiger partial charge in [0.05, 0.1) is 23.5 Å². The van der Waals surface area contributed by atoms with E-state index in [0.29, 0.717) is 5.69 Å². The molecule has 1 aromatic rings. The third-order valence-electron chi connectivity index (χ3n) is 3.91. The number of hydrogen-bond acceptors (Lipinski definition) is 4. The molecule has 0 aliphatic heterocycles. The summed E-state index contributed by atoms with van der Waals surface area (Å²) in [4.78, 5) is 0. The Hall–Kier alpha value is -1.23. The maximum atomic E-state index is 10.2. The summed E-state index contributed by atoms with van der Waals surface area (Å²) in [7, 11) is 0. The van der Waals surface area contributed by atoms with E-state index < -0.39 is 0 Å². The number of aliphatic hydroxyl groups is 1. The van der Waals surface area contributed by atoms with Crippen LogP contribution in [0.4, 0.5) is 11.5 Å². The Bertz CT molecular complexity index is 416. The van der Waals surface area contributed by atoms with E-state index in [1.807, 2.05) is 11.6 Å². The molecule has 19 heavy (non-hydrogen) atoms. The lowest BCUT2D eigenvalue weighted by Crippen LogP contribution is -2.33. The lowest BCUT2D eigenvalue weighted by atomic mass is 10.1. The topological polar surface area (TPSA) is 76.1 Å². The first-order chi connectivity index (χ1) is 9.13. The van der Waals surface area contributed by atoms with Gasteiger partial charge in [-0.25, -0.2) is 4.68 Å². The van der Waals surface area contributed by atoms with Gasteiger partial charge in [0.15, 0.2) is 0 Å². The van der Waals surface area contributed by atoms with Crippen molar-refractivity contribution in [2.45, 2.75) is 71.1 Å². The highest BCUT2D eigenvalue weighted by Crippen LogP contribution is 2.27. The van der Waals surface area contributed by atoms with Gasteiger partial charge in [-0.05, 0) is 26.2 Å². The number of nitrogens with two attached hydrogens (primary N) is 1. The largest absolute Gasteiger partial charge is 0.394 e. The highest BCUT2D eigenvalue weighted by atomic mass is 16.3. The van der Waals surface area contributed by atoms with Gasteiger partial charge in [-0.2, -0.15) is 5.10 Å². The van der Waals surface area contributed by atoms with Crippen molar-refractivity contribution < 1.29 is 5.11 Å². The molecule has 1 aliphatic carbocycles. The minimum atomic E-state index is -0.285. The van der Waals surface area contributed by atoms with Gasteiger partial charge in [-0.1, -0.05) is 26.2 Å². The molecular formula is C14H26N4O. The van der Waals surface area contributed by atoms with Crippen LogP contribution in [0.25, 0.3) is 0 Å². The fraction of sp³-hybridized carbons (Fsp3) is 0.786. The number of aryl methyl sites for hydroxylation is 2. The molecule has 108 valence electrons. The molecular weight excluding hydrogens is 240 g/mol. The van der Waals surface area contributed by atoms with E-state index in [2.05, 4.69) is 17.3 Å². The Morgan fingerprint density at radius 3 is 2.84 bits per heavy atom. The molecule has 1 aliphatic rings. The van der Waals surface area contributed by atoms with Gasteiger partial charge < -0.3 is 16.2 Å². The van der Waals surface area contributed by atoms with Crippen molar-refractivity contribution >= 4 is 11.5 Å². The third-order valence-corrected chi connectivity index (χ3v) is 3.91. The molecule has 1 aromatic heterocycles. The molecule has 0 aromatic carbocycles. The smallest absolute Gasteiger partial charge is 0.148 e. The molecule has 1 fully saturated rings. The quantitative estimate of drug-likeness (QED) is 0.731. The molecule has 0 amide bonds. The summed E-state index contributed by atoms with van der Waals surface area (Å²) in [5, 5.41) is 18.1. The summed E-state index contributed by atoms with van der Waals surface area (Å²) in [6.07, 6.45) is 6.08. The highest BCUT2D eigenvalue weighted by molar-refractivity contribution is 5.65. The van der Waals surface area contributed by atoms with Gasteiger partial charge in [-0.15, -0.1) is 0 Å². The molecule has 0 radical (unpaired) electrons. The lowest BCUT2D eigenvalue weighted by molar-refractivity contribution is 0.144. The van der Waals surface area contributed by atoms with E-state index in [1.165, 1.54) is 6.42 Å². The number of rotatable bonds is 4. The van der Waals surface area contributed by atoms with Crippen LogP contribution in [0.1, 0.15) is 51.1 Å². The van der Waals surface area contributed by atoms with Crippen LogP contribution in [-0.2, 0) is 6.54 Å². The van der Waals surface area contributed by atoms with Gasteiger partial charge in [0, 0.05) is 6.54 Å². The van der Waals surface area contributed by atoms with E-state index in [9.17, 15) is 5.11 Å². The van der Waals surface area contributed by atoms with Crippen LogP contribution < -0.4 is 11.1 Å². The molecule has 0 saturated heterocycles. The van der Waals surface area contributed by atoms with E-state index in [4.69, 9.17) is 5.73 Å². The van der Waals surface area contributed by atoms with Crippen LogP contribution in [0.5, 0.6) is 0 Å².